The zero-order chi connectivity index (χ0) is 28.2. The van der Waals surface area contributed by atoms with Crippen molar-refractivity contribution >= 4 is 28.1 Å². The molecule has 1 aromatic heterocycles. The Labute approximate surface area is 235 Å². The van der Waals surface area contributed by atoms with E-state index in [9.17, 15) is 8.78 Å². The third kappa shape index (κ3) is 6.31. The molecule has 1 atom stereocenters. The molecular formula is C33H37F2N5. The number of anilines is 2. The van der Waals surface area contributed by atoms with E-state index in [4.69, 9.17) is 10.4 Å². The molecule has 1 fully saturated rings. The van der Waals surface area contributed by atoms with Crippen molar-refractivity contribution < 1.29 is 8.78 Å². The Bertz CT molecular complexity index is 1510. The fourth-order valence-corrected chi connectivity index (χ4v) is 5.68. The number of fused-ring (bicyclic) bond motifs is 1. The van der Waals surface area contributed by atoms with Crippen LogP contribution in [0.5, 0.6) is 0 Å². The van der Waals surface area contributed by atoms with Gasteiger partial charge < -0.3 is 15.3 Å². The standard InChI is InChI=1S/C33H37F2N5/c1-22(18-23(2)34)20-40-32-11-7-6-10-31(32)38-33(40)26-14-16-39(17-15-26)21-25-12-13-29(27(19-25)24(3)36)37-30-9-5-4-8-28(30)35/h4-13,19,23,26,36-37H,1,14-18,20-21H2,2-3H3. The van der Waals surface area contributed by atoms with Gasteiger partial charge in [0.2, 0.25) is 0 Å². The van der Waals surface area contributed by atoms with Crippen molar-refractivity contribution in [3.05, 3.63) is 102 Å². The number of halogens is 2. The molecule has 3 aromatic carbocycles. The lowest BCUT2D eigenvalue weighted by Crippen LogP contribution is -2.33. The van der Waals surface area contributed by atoms with E-state index in [-0.39, 0.29) is 5.82 Å². The summed E-state index contributed by atoms with van der Waals surface area (Å²) in [5.41, 5.74) is 6.38. The molecule has 7 heteroatoms. The van der Waals surface area contributed by atoms with Gasteiger partial charge in [0.05, 0.1) is 16.7 Å². The number of nitrogens with one attached hydrogen (secondary N) is 2. The summed E-state index contributed by atoms with van der Waals surface area (Å²) in [6.45, 7) is 10.7. The van der Waals surface area contributed by atoms with Crippen LogP contribution < -0.4 is 5.32 Å². The minimum absolute atomic E-state index is 0.321. The van der Waals surface area contributed by atoms with Gasteiger partial charge in [-0.3, -0.25) is 4.90 Å². The summed E-state index contributed by atoms with van der Waals surface area (Å²) in [6, 6.07) is 20.8. The highest BCUT2D eigenvalue weighted by molar-refractivity contribution is 6.02. The van der Waals surface area contributed by atoms with Gasteiger partial charge in [-0.25, -0.2) is 13.8 Å². The van der Waals surface area contributed by atoms with Crippen molar-refractivity contribution in [2.24, 2.45) is 0 Å². The molecule has 4 aromatic rings. The van der Waals surface area contributed by atoms with Crippen LogP contribution in [0.15, 0.2) is 78.9 Å². The molecule has 1 saturated heterocycles. The van der Waals surface area contributed by atoms with Gasteiger partial charge in [0.25, 0.3) is 0 Å². The van der Waals surface area contributed by atoms with E-state index in [0.717, 1.165) is 71.7 Å². The number of rotatable bonds is 10. The van der Waals surface area contributed by atoms with E-state index < -0.39 is 6.17 Å². The summed E-state index contributed by atoms with van der Waals surface area (Å²) in [5, 5.41) is 11.5. The molecule has 1 aliphatic rings. The fraction of sp³-hybridized carbons (Fsp3) is 0.333. The van der Waals surface area contributed by atoms with Crippen LogP contribution in [0.1, 0.15) is 56.0 Å². The van der Waals surface area contributed by atoms with Crippen LogP contribution in [0, 0.1) is 11.2 Å². The summed E-state index contributed by atoms with van der Waals surface area (Å²) in [5.74, 6) is 1.07. The van der Waals surface area contributed by atoms with E-state index in [2.05, 4.69) is 33.5 Å². The van der Waals surface area contributed by atoms with Crippen LogP contribution in [-0.4, -0.2) is 39.4 Å². The number of hydrogen-bond acceptors (Lipinski definition) is 4. The fourth-order valence-electron chi connectivity index (χ4n) is 5.68. The second-order valence-electron chi connectivity index (χ2n) is 10.9. The van der Waals surface area contributed by atoms with Crippen molar-refractivity contribution in [3.63, 3.8) is 0 Å². The average Bonchev–Trinajstić information content (AvgIpc) is 3.28. The van der Waals surface area contributed by atoms with Crippen molar-refractivity contribution in [1.29, 1.82) is 5.41 Å². The first-order valence-corrected chi connectivity index (χ1v) is 14.0. The van der Waals surface area contributed by atoms with Gasteiger partial charge in [-0.05, 0) is 81.7 Å². The summed E-state index contributed by atoms with van der Waals surface area (Å²) in [7, 11) is 0. The molecule has 1 unspecified atom stereocenters. The largest absolute Gasteiger partial charge is 0.353 e. The lowest BCUT2D eigenvalue weighted by Gasteiger charge is -2.32. The summed E-state index contributed by atoms with van der Waals surface area (Å²) in [6.07, 6.45) is 1.42. The van der Waals surface area contributed by atoms with Gasteiger partial charge in [0.1, 0.15) is 17.8 Å². The predicted molar refractivity (Wildman–Crippen MR) is 160 cm³/mol. The number of likely N-dealkylation sites (tertiary alicyclic amines) is 1. The van der Waals surface area contributed by atoms with Crippen LogP contribution >= 0.6 is 0 Å². The number of alkyl halides is 1. The highest BCUT2D eigenvalue weighted by Gasteiger charge is 2.26. The second kappa shape index (κ2) is 12.1. The van der Waals surface area contributed by atoms with Crippen LogP contribution in [0.25, 0.3) is 11.0 Å². The monoisotopic (exact) mass is 541 g/mol. The minimum atomic E-state index is -0.907. The summed E-state index contributed by atoms with van der Waals surface area (Å²) < 4.78 is 30.1. The smallest absolute Gasteiger partial charge is 0.146 e. The molecule has 5 rings (SSSR count). The molecule has 0 spiro atoms. The minimum Gasteiger partial charge on any atom is -0.353 e. The Hall–Kier alpha value is -3.84. The molecule has 208 valence electrons. The highest BCUT2D eigenvalue weighted by atomic mass is 19.1. The number of benzene rings is 3. The quantitative estimate of drug-likeness (QED) is 0.158. The number of imidazole rings is 1. The van der Waals surface area contributed by atoms with Crippen molar-refractivity contribution in [3.8, 4) is 0 Å². The van der Waals surface area contributed by atoms with E-state index in [1.165, 1.54) is 6.07 Å². The van der Waals surface area contributed by atoms with Crippen LogP contribution in [0.4, 0.5) is 20.2 Å². The Morgan fingerprint density at radius 1 is 1.07 bits per heavy atom. The van der Waals surface area contributed by atoms with Crippen LogP contribution in [0.2, 0.25) is 0 Å². The normalized spacial score (nSPS) is 15.3. The number of hydrogen-bond donors (Lipinski definition) is 2. The third-order valence-corrected chi connectivity index (χ3v) is 7.63. The molecule has 0 radical (unpaired) electrons. The number of nitrogens with zero attached hydrogens (tertiary/aromatic N) is 3. The van der Waals surface area contributed by atoms with Gasteiger partial charge in [-0.2, -0.15) is 0 Å². The number of allylic oxidation sites excluding steroid dienone is 1. The van der Waals surface area contributed by atoms with Crippen LogP contribution in [0.3, 0.4) is 0 Å². The maximum atomic E-state index is 14.2. The maximum Gasteiger partial charge on any atom is 0.146 e. The molecule has 40 heavy (non-hydrogen) atoms. The first-order valence-electron chi connectivity index (χ1n) is 14.0. The van der Waals surface area contributed by atoms with E-state index in [1.807, 2.05) is 30.3 Å². The molecule has 0 saturated carbocycles. The topological polar surface area (TPSA) is 56.9 Å². The Morgan fingerprint density at radius 2 is 1.80 bits per heavy atom. The molecular weight excluding hydrogens is 504 g/mol. The van der Waals surface area contributed by atoms with Gasteiger partial charge in [0, 0.05) is 42.4 Å². The number of aromatic nitrogens is 2. The SMILES string of the molecule is C=C(CC(C)F)Cn1c(C2CCN(Cc3ccc(Nc4ccccc4F)c(C(C)=N)c3)CC2)nc2ccccc21. The van der Waals surface area contributed by atoms with E-state index in [1.54, 1.807) is 32.0 Å². The summed E-state index contributed by atoms with van der Waals surface area (Å²) >= 11 is 0. The lowest BCUT2D eigenvalue weighted by molar-refractivity contribution is 0.200. The van der Waals surface area contributed by atoms with Crippen molar-refractivity contribution in [1.82, 2.24) is 14.5 Å². The van der Waals surface area contributed by atoms with Crippen molar-refractivity contribution in [2.75, 3.05) is 18.4 Å². The highest BCUT2D eigenvalue weighted by Crippen LogP contribution is 2.32. The molecule has 2 N–H and O–H groups in total. The average molecular weight is 542 g/mol. The molecule has 0 bridgehead atoms. The molecule has 5 nitrogen and oxygen atoms in total. The Balaban J connectivity index is 1.28. The van der Waals surface area contributed by atoms with Gasteiger partial charge >= 0.3 is 0 Å². The second-order valence-corrected chi connectivity index (χ2v) is 10.9. The van der Waals surface area contributed by atoms with Gasteiger partial charge in [0.15, 0.2) is 0 Å². The number of piperidine rings is 1. The predicted octanol–water partition coefficient (Wildman–Crippen LogP) is 7.99. The maximum absolute atomic E-state index is 14.2. The number of para-hydroxylation sites is 3. The van der Waals surface area contributed by atoms with Crippen LogP contribution in [-0.2, 0) is 13.1 Å². The Morgan fingerprint density at radius 3 is 2.52 bits per heavy atom. The Kier molecular flexibility index (Phi) is 8.40. The zero-order valence-corrected chi connectivity index (χ0v) is 23.3. The van der Waals surface area contributed by atoms with Gasteiger partial charge in [-0.1, -0.05) is 42.5 Å². The molecule has 2 heterocycles. The first-order chi connectivity index (χ1) is 19.3. The van der Waals surface area contributed by atoms with Gasteiger partial charge in [-0.15, -0.1) is 0 Å². The molecule has 0 amide bonds. The van der Waals surface area contributed by atoms with E-state index in [0.29, 0.717) is 30.3 Å². The molecule has 1 aliphatic heterocycles. The van der Waals surface area contributed by atoms with Crippen molar-refractivity contribution in [2.45, 2.75) is 58.3 Å². The van der Waals surface area contributed by atoms with E-state index >= 15 is 0 Å². The first kappa shape index (κ1) is 27.7. The lowest BCUT2D eigenvalue weighted by atomic mass is 9.95. The molecule has 0 aliphatic carbocycles. The third-order valence-electron chi connectivity index (χ3n) is 7.63. The zero-order valence-electron chi connectivity index (χ0n) is 23.3. The summed E-state index contributed by atoms with van der Waals surface area (Å²) in [4.78, 5) is 7.45.